The monoisotopic (exact) mass is 274 g/mol. The van der Waals surface area contributed by atoms with E-state index in [9.17, 15) is 5.11 Å². The van der Waals surface area contributed by atoms with Gasteiger partial charge in [0, 0.05) is 7.05 Å². The number of aliphatic hydroxyl groups excluding tert-OH is 1. The number of hydrogen-bond donors (Lipinski definition) is 1. The van der Waals surface area contributed by atoms with E-state index in [1.54, 1.807) is 7.05 Å². The Morgan fingerprint density at radius 1 is 1.10 bits per heavy atom. The molecule has 0 aliphatic heterocycles. The van der Waals surface area contributed by atoms with Gasteiger partial charge in [0.05, 0.1) is 0 Å². The van der Waals surface area contributed by atoms with Gasteiger partial charge in [-0.15, -0.1) is 5.10 Å². The zero-order valence-electron chi connectivity index (χ0n) is 11.9. The van der Waals surface area contributed by atoms with Crippen molar-refractivity contribution in [3.05, 3.63) is 41.7 Å². The fourth-order valence-corrected chi connectivity index (χ4v) is 2.31. The normalized spacial score (nSPS) is 12.5. The highest BCUT2D eigenvalue weighted by molar-refractivity contribution is 5.14. The summed E-state index contributed by atoms with van der Waals surface area (Å²) in [6.07, 6.45) is 5.84. The van der Waals surface area contributed by atoms with Gasteiger partial charge in [0.15, 0.2) is 5.82 Å². The van der Waals surface area contributed by atoms with Gasteiger partial charge >= 0.3 is 0 Å². The minimum Gasteiger partial charge on any atom is -0.385 e. The maximum Gasteiger partial charge on any atom is 0.179 e. The predicted molar refractivity (Wildman–Crippen MR) is 77.0 cm³/mol. The van der Waals surface area contributed by atoms with Crippen molar-refractivity contribution < 1.29 is 5.11 Å². The summed E-state index contributed by atoms with van der Waals surface area (Å²) < 4.78 is 1.53. The van der Waals surface area contributed by atoms with Crippen LogP contribution in [0.25, 0.3) is 0 Å². The molecule has 0 bridgehead atoms. The van der Waals surface area contributed by atoms with Crippen LogP contribution in [0.2, 0.25) is 0 Å². The Kier molecular flexibility index (Phi) is 5.68. The first kappa shape index (κ1) is 14.7. The molecular weight excluding hydrogens is 252 g/mol. The molecule has 1 N–H and O–H groups in total. The molecule has 0 amide bonds. The third-order valence-electron chi connectivity index (χ3n) is 3.49. The molecule has 1 aromatic heterocycles. The Hall–Kier alpha value is -1.75. The van der Waals surface area contributed by atoms with E-state index in [1.165, 1.54) is 23.1 Å². The van der Waals surface area contributed by atoms with Crippen molar-refractivity contribution in [3.63, 3.8) is 0 Å². The summed E-state index contributed by atoms with van der Waals surface area (Å²) in [6.45, 7) is 0. The van der Waals surface area contributed by atoms with Crippen molar-refractivity contribution in [3.8, 4) is 0 Å². The summed E-state index contributed by atoms with van der Waals surface area (Å²) in [5.41, 5.74) is 1.40. The molecule has 0 saturated heterocycles. The van der Waals surface area contributed by atoms with Crippen LogP contribution in [0.4, 0.5) is 0 Å². The van der Waals surface area contributed by atoms with Crippen LogP contribution >= 0.6 is 0 Å². The fraction of sp³-hybridized carbons (Fsp3) is 0.533. The zero-order valence-corrected chi connectivity index (χ0v) is 11.9. The average Bonchev–Trinajstić information content (AvgIpc) is 2.90. The molecule has 1 heterocycles. The van der Waals surface area contributed by atoms with Crippen LogP contribution in [0.1, 0.15) is 49.6 Å². The largest absolute Gasteiger partial charge is 0.385 e. The van der Waals surface area contributed by atoms with E-state index in [0.29, 0.717) is 5.82 Å². The first-order valence-electron chi connectivity index (χ1n) is 7.21. The molecule has 2 aromatic rings. The maximum absolute atomic E-state index is 9.96. The lowest BCUT2D eigenvalue weighted by Gasteiger charge is -2.08. The van der Waals surface area contributed by atoms with Gasteiger partial charge in [-0.1, -0.05) is 49.6 Å². The number of nitrogens with zero attached hydrogens (tertiary/aromatic N) is 4. The van der Waals surface area contributed by atoms with Gasteiger partial charge in [-0.3, -0.25) is 0 Å². The summed E-state index contributed by atoms with van der Waals surface area (Å²) in [6, 6.07) is 10.6. The molecule has 0 radical (unpaired) electrons. The third-order valence-corrected chi connectivity index (χ3v) is 3.49. The molecule has 0 fully saturated rings. The quantitative estimate of drug-likeness (QED) is 0.751. The smallest absolute Gasteiger partial charge is 0.179 e. The van der Waals surface area contributed by atoms with Crippen molar-refractivity contribution in [2.45, 2.75) is 44.6 Å². The number of aromatic nitrogens is 4. The number of tetrazole rings is 1. The van der Waals surface area contributed by atoms with Crippen LogP contribution in [0, 0.1) is 0 Å². The minimum atomic E-state index is -0.552. The third kappa shape index (κ3) is 4.42. The molecule has 0 spiro atoms. The molecule has 0 saturated carbocycles. The Morgan fingerprint density at radius 3 is 2.55 bits per heavy atom. The predicted octanol–water partition coefficient (Wildman–Crippen LogP) is 2.44. The van der Waals surface area contributed by atoms with Crippen LogP contribution < -0.4 is 0 Å². The van der Waals surface area contributed by atoms with Gasteiger partial charge in [-0.05, 0) is 35.3 Å². The number of hydrogen-bond acceptors (Lipinski definition) is 4. The van der Waals surface area contributed by atoms with E-state index < -0.39 is 6.10 Å². The van der Waals surface area contributed by atoms with E-state index in [1.807, 2.05) is 6.07 Å². The summed E-state index contributed by atoms with van der Waals surface area (Å²) in [4.78, 5) is 0. The Balaban J connectivity index is 1.57. The van der Waals surface area contributed by atoms with Gasteiger partial charge in [0.25, 0.3) is 0 Å². The van der Waals surface area contributed by atoms with Gasteiger partial charge in [0.2, 0.25) is 0 Å². The van der Waals surface area contributed by atoms with E-state index in [-0.39, 0.29) is 0 Å². The van der Waals surface area contributed by atoms with Crippen molar-refractivity contribution >= 4 is 0 Å². The highest BCUT2D eigenvalue weighted by atomic mass is 16.3. The van der Waals surface area contributed by atoms with E-state index in [0.717, 1.165) is 25.7 Å². The minimum absolute atomic E-state index is 0.550. The average molecular weight is 274 g/mol. The van der Waals surface area contributed by atoms with Crippen molar-refractivity contribution in [1.29, 1.82) is 0 Å². The second kappa shape index (κ2) is 7.75. The molecule has 1 aromatic carbocycles. The Morgan fingerprint density at radius 2 is 1.85 bits per heavy atom. The lowest BCUT2D eigenvalue weighted by atomic mass is 10.0. The lowest BCUT2D eigenvalue weighted by Crippen LogP contribution is -2.06. The Bertz CT molecular complexity index is 498. The first-order valence-corrected chi connectivity index (χ1v) is 7.21. The fourth-order valence-electron chi connectivity index (χ4n) is 2.31. The molecule has 5 heteroatoms. The Labute approximate surface area is 119 Å². The van der Waals surface area contributed by atoms with Crippen molar-refractivity contribution in [2.75, 3.05) is 0 Å². The number of rotatable bonds is 8. The van der Waals surface area contributed by atoms with Crippen LogP contribution in [0.15, 0.2) is 30.3 Å². The maximum atomic E-state index is 9.96. The molecule has 1 atom stereocenters. The van der Waals surface area contributed by atoms with Gasteiger partial charge in [-0.25, -0.2) is 4.68 Å². The molecular formula is C15H22N4O. The van der Waals surface area contributed by atoms with E-state index in [2.05, 4.69) is 39.8 Å². The number of aliphatic hydroxyl groups is 1. The van der Waals surface area contributed by atoms with Crippen LogP contribution in [0.3, 0.4) is 0 Å². The van der Waals surface area contributed by atoms with Crippen molar-refractivity contribution in [1.82, 2.24) is 20.2 Å². The standard InChI is InChI=1S/C15H22N4O/c1-19-15(16-17-18-19)14(20)12-8-3-2-5-9-13-10-6-4-7-11-13/h4,6-7,10-11,14,20H,2-3,5,8-9,12H2,1H3. The molecule has 20 heavy (non-hydrogen) atoms. The first-order chi connectivity index (χ1) is 9.77. The van der Waals surface area contributed by atoms with Gasteiger partial charge < -0.3 is 5.11 Å². The topological polar surface area (TPSA) is 63.8 Å². The zero-order chi connectivity index (χ0) is 14.2. The SMILES string of the molecule is Cn1nnnc1C(O)CCCCCCc1ccccc1. The molecule has 108 valence electrons. The van der Waals surface area contributed by atoms with Gasteiger partial charge in [0.1, 0.15) is 6.10 Å². The molecule has 2 rings (SSSR count). The summed E-state index contributed by atoms with van der Waals surface area (Å²) in [5.74, 6) is 0.550. The summed E-state index contributed by atoms with van der Waals surface area (Å²) >= 11 is 0. The highest BCUT2D eigenvalue weighted by Crippen LogP contribution is 2.17. The van der Waals surface area contributed by atoms with Gasteiger partial charge in [-0.2, -0.15) is 0 Å². The van der Waals surface area contributed by atoms with Crippen LogP contribution in [-0.2, 0) is 13.5 Å². The summed E-state index contributed by atoms with van der Waals surface area (Å²) in [7, 11) is 1.75. The molecule has 0 aliphatic rings. The summed E-state index contributed by atoms with van der Waals surface area (Å²) in [5, 5.41) is 21.0. The second-order valence-electron chi connectivity index (χ2n) is 5.11. The van der Waals surface area contributed by atoms with E-state index >= 15 is 0 Å². The molecule has 1 unspecified atom stereocenters. The van der Waals surface area contributed by atoms with Crippen LogP contribution in [-0.4, -0.2) is 25.3 Å². The number of aryl methyl sites for hydroxylation is 2. The molecule has 0 aliphatic carbocycles. The lowest BCUT2D eigenvalue weighted by molar-refractivity contribution is 0.149. The van der Waals surface area contributed by atoms with Crippen LogP contribution in [0.5, 0.6) is 0 Å². The number of benzene rings is 1. The van der Waals surface area contributed by atoms with E-state index in [4.69, 9.17) is 0 Å². The number of unbranched alkanes of at least 4 members (excludes halogenated alkanes) is 3. The van der Waals surface area contributed by atoms with Crippen molar-refractivity contribution in [2.24, 2.45) is 7.05 Å². The second-order valence-corrected chi connectivity index (χ2v) is 5.11. The highest BCUT2D eigenvalue weighted by Gasteiger charge is 2.13. The molecule has 5 nitrogen and oxygen atoms in total.